The van der Waals surface area contributed by atoms with Crippen molar-refractivity contribution in [1.29, 1.82) is 0 Å². The maximum atomic E-state index is 14.2. The number of carbonyl (C=O) groups excluding carboxylic acids is 1. The summed E-state index contributed by atoms with van der Waals surface area (Å²) < 4.78 is 20.1. The lowest BCUT2D eigenvalue weighted by Gasteiger charge is -2.36. The van der Waals surface area contributed by atoms with Crippen molar-refractivity contribution in [2.24, 2.45) is 0 Å². The number of hydrogen-bond donors (Lipinski definition) is 0. The minimum Gasteiger partial charge on any atom is -0.436 e. The number of carbonyl (C=O) groups is 1. The average Bonchev–Trinajstić information content (AvgIpc) is 3.38. The normalized spacial score (nSPS) is 13.9. The number of piperazine rings is 1. The molecule has 1 aliphatic rings. The molecule has 5 rings (SSSR count). The van der Waals surface area contributed by atoms with Gasteiger partial charge in [-0.1, -0.05) is 38.1 Å². The standard InChI is InChI=1S/C28H28FN5O2/c1-18(2)26-31-19(3)16-25(32-26)33-12-14-34(15-13-33)28(35)21-9-5-4-8-20(21)27-30-17-24(36-27)22-10-6-7-11-23(22)29/h4-11,16-18H,12-15H2,1-3H3. The van der Waals surface area contributed by atoms with Gasteiger partial charge in [0.2, 0.25) is 5.89 Å². The van der Waals surface area contributed by atoms with E-state index in [1.165, 1.54) is 12.3 Å². The van der Waals surface area contributed by atoms with Crippen LogP contribution in [0.3, 0.4) is 0 Å². The zero-order valence-corrected chi connectivity index (χ0v) is 20.6. The number of oxazole rings is 1. The molecule has 1 aliphatic heterocycles. The van der Waals surface area contributed by atoms with E-state index >= 15 is 0 Å². The average molecular weight is 486 g/mol. The van der Waals surface area contributed by atoms with Gasteiger partial charge in [0.25, 0.3) is 5.91 Å². The maximum Gasteiger partial charge on any atom is 0.254 e. The molecule has 0 bridgehead atoms. The molecule has 2 aromatic heterocycles. The van der Waals surface area contributed by atoms with E-state index in [4.69, 9.17) is 9.40 Å². The van der Waals surface area contributed by atoms with Crippen LogP contribution >= 0.6 is 0 Å². The molecule has 184 valence electrons. The molecule has 0 aliphatic carbocycles. The zero-order chi connectivity index (χ0) is 25.2. The van der Waals surface area contributed by atoms with E-state index in [0.29, 0.717) is 48.6 Å². The predicted octanol–water partition coefficient (Wildman–Crippen LogP) is 5.33. The fourth-order valence-electron chi connectivity index (χ4n) is 4.34. The molecule has 0 saturated carbocycles. The quantitative estimate of drug-likeness (QED) is 0.380. The number of rotatable bonds is 5. The van der Waals surface area contributed by atoms with Crippen molar-refractivity contribution in [3.8, 4) is 22.8 Å². The number of aryl methyl sites for hydroxylation is 1. The molecule has 0 unspecified atom stereocenters. The molecule has 1 fully saturated rings. The van der Waals surface area contributed by atoms with Crippen molar-refractivity contribution >= 4 is 11.7 Å². The highest BCUT2D eigenvalue weighted by Gasteiger charge is 2.26. The second-order valence-electron chi connectivity index (χ2n) is 9.21. The molecule has 2 aromatic carbocycles. The number of amides is 1. The third-order valence-electron chi connectivity index (χ3n) is 6.30. The second kappa shape index (κ2) is 9.89. The fourth-order valence-corrected chi connectivity index (χ4v) is 4.34. The summed E-state index contributed by atoms with van der Waals surface area (Å²) in [6, 6.07) is 15.6. The summed E-state index contributed by atoms with van der Waals surface area (Å²) in [5, 5.41) is 0. The number of aromatic nitrogens is 3. The maximum absolute atomic E-state index is 14.2. The summed E-state index contributed by atoms with van der Waals surface area (Å²) in [5.74, 6) is 2.11. The summed E-state index contributed by atoms with van der Waals surface area (Å²) >= 11 is 0. The first-order chi connectivity index (χ1) is 17.4. The van der Waals surface area contributed by atoms with E-state index < -0.39 is 0 Å². The molecule has 1 amide bonds. The topological polar surface area (TPSA) is 75.4 Å². The lowest BCUT2D eigenvalue weighted by atomic mass is 10.1. The van der Waals surface area contributed by atoms with Gasteiger partial charge in [-0.3, -0.25) is 4.79 Å². The number of nitrogens with zero attached hydrogens (tertiary/aromatic N) is 5. The van der Waals surface area contributed by atoms with Crippen LogP contribution in [0.15, 0.2) is 65.2 Å². The molecule has 8 heteroatoms. The van der Waals surface area contributed by atoms with E-state index in [-0.39, 0.29) is 23.5 Å². The van der Waals surface area contributed by atoms with Crippen LogP contribution in [0.25, 0.3) is 22.8 Å². The number of hydrogen-bond acceptors (Lipinski definition) is 6. The Labute approximate surface area is 209 Å². The van der Waals surface area contributed by atoms with Gasteiger partial charge in [0.05, 0.1) is 17.3 Å². The molecule has 0 N–H and O–H groups in total. The summed E-state index contributed by atoms with van der Waals surface area (Å²) in [6.07, 6.45) is 1.49. The van der Waals surface area contributed by atoms with E-state index in [9.17, 15) is 9.18 Å². The third kappa shape index (κ3) is 4.71. The Hall–Kier alpha value is -4.07. The Morgan fingerprint density at radius 1 is 0.972 bits per heavy atom. The molecule has 1 saturated heterocycles. The van der Waals surface area contributed by atoms with Crippen LogP contribution in [0.1, 0.15) is 41.6 Å². The van der Waals surface area contributed by atoms with Crippen LogP contribution in [-0.4, -0.2) is 51.9 Å². The monoisotopic (exact) mass is 485 g/mol. The van der Waals surface area contributed by atoms with Gasteiger partial charge in [0, 0.05) is 49.4 Å². The first-order valence-corrected chi connectivity index (χ1v) is 12.1. The molecule has 36 heavy (non-hydrogen) atoms. The molecule has 4 aromatic rings. The Morgan fingerprint density at radius 3 is 2.39 bits per heavy atom. The van der Waals surface area contributed by atoms with E-state index in [2.05, 4.69) is 28.7 Å². The summed E-state index contributed by atoms with van der Waals surface area (Å²) in [7, 11) is 0. The van der Waals surface area contributed by atoms with E-state index in [1.807, 2.05) is 30.0 Å². The van der Waals surface area contributed by atoms with Crippen LogP contribution in [0.5, 0.6) is 0 Å². The van der Waals surface area contributed by atoms with E-state index in [1.54, 1.807) is 30.3 Å². The van der Waals surface area contributed by atoms with Crippen LogP contribution in [0.2, 0.25) is 0 Å². The minimum absolute atomic E-state index is 0.0855. The molecule has 0 radical (unpaired) electrons. The third-order valence-corrected chi connectivity index (χ3v) is 6.30. The van der Waals surface area contributed by atoms with Gasteiger partial charge < -0.3 is 14.2 Å². The Kier molecular flexibility index (Phi) is 6.50. The van der Waals surface area contributed by atoms with Gasteiger partial charge in [-0.2, -0.15) is 0 Å². The van der Waals surface area contributed by atoms with Crippen molar-refractivity contribution in [1.82, 2.24) is 19.9 Å². The molecule has 3 heterocycles. The van der Waals surface area contributed by atoms with Gasteiger partial charge in [-0.15, -0.1) is 0 Å². The lowest BCUT2D eigenvalue weighted by molar-refractivity contribution is 0.0747. The summed E-state index contributed by atoms with van der Waals surface area (Å²) in [5.41, 5.74) is 2.36. The highest BCUT2D eigenvalue weighted by Crippen LogP contribution is 2.30. The number of benzene rings is 2. The summed E-state index contributed by atoms with van der Waals surface area (Å²) in [6.45, 7) is 8.64. The van der Waals surface area contributed by atoms with Crippen molar-refractivity contribution < 1.29 is 13.6 Å². The SMILES string of the molecule is Cc1cc(N2CCN(C(=O)c3ccccc3-c3ncc(-c4ccccc4F)o3)CC2)nc(C(C)C)n1. The van der Waals surface area contributed by atoms with Gasteiger partial charge in [-0.25, -0.2) is 19.3 Å². The van der Waals surface area contributed by atoms with Gasteiger partial charge >= 0.3 is 0 Å². The number of halogens is 1. The highest BCUT2D eigenvalue weighted by atomic mass is 19.1. The van der Waals surface area contributed by atoms with Crippen molar-refractivity contribution in [3.63, 3.8) is 0 Å². The van der Waals surface area contributed by atoms with Crippen LogP contribution in [0, 0.1) is 12.7 Å². The van der Waals surface area contributed by atoms with Crippen molar-refractivity contribution in [2.75, 3.05) is 31.1 Å². The molecular formula is C28H28FN5O2. The van der Waals surface area contributed by atoms with Gasteiger partial charge in [0.1, 0.15) is 17.5 Å². The zero-order valence-electron chi connectivity index (χ0n) is 20.6. The molecule has 0 atom stereocenters. The van der Waals surface area contributed by atoms with E-state index in [0.717, 1.165) is 17.3 Å². The minimum atomic E-state index is -0.387. The highest BCUT2D eigenvalue weighted by molar-refractivity contribution is 6.00. The molecule has 0 spiro atoms. The lowest BCUT2D eigenvalue weighted by Crippen LogP contribution is -2.49. The van der Waals surface area contributed by atoms with Crippen LogP contribution in [0.4, 0.5) is 10.2 Å². The first kappa shape index (κ1) is 23.7. The predicted molar refractivity (Wildman–Crippen MR) is 136 cm³/mol. The largest absolute Gasteiger partial charge is 0.436 e. The van der Waals surface area contributed by atoms with Crippen LogP contribution < -0.4 is 4.90 Å². The van der Waals surface area contributed by atoms with Crippen molar-refractivity contribution in [2.45, 2.75) is 26.7 Å². The van der Waals surface area contributed by atoms with Gasteiger partial charge in [0.15, 0.2) is 5.76 Å². The summed E-state index contributed by atoms with van der Waals surface area (Å²) in [4.78, 5) is 31.2. The fraction of sp³-hybridized carbons (Fsp3) is 0.286. The Bertz CT molecular complexity index is 1390. The second-order valence-corrected chi connectivity index (χ2v) is 9.21. The number of anilines is 1. The Balaban J connectivity index is 1.34. The first-order valence-electron chi connectivity index (χ1n) is 12.1. The Morgan fingerprint density at radius 2 is 1.67 bits per heavy atom. The van der Waals surface area contributed by atoms with Crippen molar-refractivity contribution in [3.05, 3.63) is 83.7 Å². The van der Waals surface area contributed by atoms with Gasteiger partial charge in [-0.05, 0) is 31.2 Å². The molecular weight excluding hydrogens is 457 g/mol. The molecule has 7 nitrogen and oxygen atoms in total. The van der Waals surface area contributed by atoms with Crippen LogP contribution in [-0.2, 0) is 0 Å². The smallest absolute Gasteiger partial charge is 0.254 e.